The Balaban J connectivity index is 1.30. The molecule has 1 atom stereocenters. The lowest BCUT2D eigenvalue weighted by atomic mass is 9.85. The van der Waals surface area contributed by atoms with E-state index in [1.165, 1.54) is 15.6 Å². The first-order valence-electron chi connectivity index (χ1n) is 11.7. The summed E-state index contributed by atoms with van der Waals surface area (Å²) >= 11 is 1.34. The van der Waals surface area contributed by atoms with Crippen LogP contribution in [0.3, 0.4) is 0 Å². The molecule has 1 unspecified atom stereocenters. The largest absolute Gasteiger partial charge is 0.497 e. The minimum Gasteiger partial charge on any atom is -0.497 e. The van der Waals surface area contributed by atoms with Crippen LogP contribution in [0.2, 0.25) is 0 Å². The Morgan fingerprint density at radius 2 is 1.97 bits per heavy atom. The average Bonchev–Trinajstić information content (AvgIpc) is 3.46. The first kappa shape index (κ1) is 24.0. The van der Waals surface area contributed by atoms with Crippen molar-refractivity contribution in [1.82, 2.24) is 14.4 Å². The van der Waals surface area contributed by atoms with Gasteiger partial charge in [-0.1, -0.05) is 11.6 Å². The first-order chi connectivity index (χ1) is 16.8. The van der Waals surface area contributed by atoms with Crippen LogP contribution in [0.25, 0.3) is 10.7 Å². The normalized spacial score (nSPS) is 19.3. The van der Waals surface area contributed by atoms with E-state index < -0.39 is 15.9 Å². The summed E-state index contributed by atoms with van der Waals surface area (Å²) < 4.78 is 39.1. The number of methoxy groups -OCH3 is 1. The van der Waals surface area contributed by atoms with Gasteiger partial charge in [-0.15, -0.1) is 11.3 Å². The number of carbonyl (C=O) groups excluding carboxylic acids is 1. The zero-order valence-corrected chi connectivity index (χ0v) is 21.3. The van der Waals surface area contributed by atoms with E-state index in [4.69, 9.17) is 9.26 Å². The first-order valence-corrected chi connectivity index (χ1v) is 14.0. The quantitative estimate of drug-likeness (QED) is 0.494. The van der Waals surface area contributed by atoms with Crippen LogP contribution in [-0.4, -0.2) is 49.0 Å². The fraction of sp³-hybridized carbons (Fsp3) is 0.458. The van der Waals surface area contributed by atoms with Gasteiger partial charge in [0.25, 0.3) is 0 Å². The number of thiophene rings is 1. The van der Waals surface area contributed by atoms with E-state index >= 15 is 0 Å². The van der Waals surface area contributed by atoms with Crippen molar-refractivity contribution < 1.29 is 22.5 Å². The van der Waals surface area contributed by atoms with E-state index in [2.05, 4.69) is 15.5 Å². The Kier molecular flexibility index (Phi) is 6.65. The molecule has 2 aromatic heterocycles. The van der Waals surface area contributed by atoms with Crippen LogP contribution in [0.1, 0.15) is 48.8 Å². The number of nitrogens with zero attached hydrogens (tertiary/aromatic N) is 3. The standard InChI is InChI=1S/C24H28N4O5S2/c1-15-21(13-20(34-15)22-26-24(33-27-22)16-5-3-6-16)35(30,31)28-12-4-7-17(14-28)23(29)25-18-8-10-19(32-2)11-9-18/h8-11,13,16-17H,3-7,12,14H2,1-2H3,(H,25,29). The maximum atomic E-state index is 13.5. The van der Waals surface area contributed by atoms with Gasteiger partial charge in [0.1, 0.15) is 5.75 Å². The molecule has 1 aliphatic carbocycles. The molecule has 1 saturated heterocycles. The summed E-state index contributed by atoms with van der Waals surface area (Å²) in [6.07, 6.45) is 4.51. The third-order valence-corrected chi connectivity index (χ3v) is 9.89. The number of ether oxygens (including phenoxy) is 1. The summed E-state index contributed by atoms with van der Waals surface area (Å²) in [7, 11) is -2.19. The van der Waals surface area contributed by atoms with Gasteiger partial charge in [0.05, 0.1) is 22.8 Å². The lowest BCUT2D eigenvalue weighted by molar-refractivity contribution is -0.120. The predicted molar refractivity (Wildman–Crippen MR) is 132 cm³/mol. The molecule has 0 spiro atoms. The molecule has 1 N–H and O–H groups in total. The molecule has 9 nitrogen and oxygen atoms in total. The number of sulfonamides is 1. The number of hydrogen-bond donors (Lipinski definition) is 1. The van der Waals surface area contributed by atoms with Gasteiger partial charge < -0.3 is 14.6 Å². The molecule has 11 heteroatoms. The molecule has 1 aromatic carbocycles. The Bertz CT molecular complexity index is 1310. The van der Waals surface area contributed by atoms with E-state index in [9.17, 15) is 13.2 Å². The molecule has 1 amide bonds. The number of aromatic nitrogens is 2. The van der Waals surface area contributed by atoms with E-state index in [1.54, 1.807) is 44.4 Å². The van der Waals surface area contributed by atoms with Gasteiger partial charge in [0.2, 0.25) is 27.6 Å². The number of amides is 1. The second kappa shape index (κ2) is 9.71. The van der Waals surface area contributed by atoms with Gasteiger partial charge in [-0.25, -0.2) is 8.42 Å². The van der Waals surface area contributed by atoms with Crippen LogP contribution in [-0.2, 0) is 14.8 Å². The monoisotopic (exact) mass is 516 g/mol. The summed E-state index contributed by atoms with van der Waals surface area (Å²) in [5.41, 5.74) is 0.649. The molecule has 0 radical (unpaired) electrons. The van der Waals surface area contributed by atoms with Crippen LogP contribution in [0.5, 0.6) is 5.75 Å². The summed E-state index contributed by atoms with van der Waals surface area (Å²) in [5.74, 6) is 1.45. The maximum Gasteiger partial charge on any atom is 0.244 e. The summed E-state index contributed by atoms with van der Waals surface area (Å²) in [5, 5.41) is 6.97. The molecule has 1 saturated carbocycles. The molecule has 1 aliphatic heterocycles. The van der Waals surface area contributed by atoms with Gasteiger partial charge in [0, 0.05) is 29.6 Å². The number of anilines is 1. The molecular weight excluding hydrogens is 488 g/mol. The van der Waals surface area contributed by atoms with Crippen LogP contribution in [0.15, 0.2) is 39.8 Å². The van der Waals surface area contributed by atoms with Crippen LogP contribution >= 0.6 is 11.3 Å². The third-order valence-electron chi connectivity index (χ3n) is 6.72. The lowest BCUT2D eigenvalue weighted by Gasteiger charge is -2.31. The van der Waals surface area contributed by atoms with Gasteiger partial charge in [-0.3, -0.25) is 4.79 Å². The number of piperidine rings is 1. The zero-order valence-electron chi connectivity index (χ0n) is 19.7. The van der Waals surface area contributed by atoms with Gasteiger partial charge in [-0.05, 0) is 62.9 Å². The van der Waals surface area contributed by atoms with Crippen molar-refractivity contribution in [2.75, 3.05) is 25.5 Å². The summed E-state index contributed by atoms with van der Waals surface area (Å²) in [6.45, 7) is 2.31. The molecular formula is C24H28N4O5S2. The summed E-state index contributed by atoms with van der Waals surface area (Å²) in [6, 6.07) is 8.69. The van der Waals surface area contributed by atoms with Crippen LogP contribution in [0.4, 0.5) is 5.69 Å². The smallest absolute Gasteiger partial charge is 0.244 e. The van der Waals surface area contributed by atoms with E-state index in [1.807, 2.05) is 0 Å². The van der Waals surface area contributed by atoms with Crippen LogP contribution < -0.4 is 10.1 Å². The lowest BCUT2D eigenvalue weighted by Crippen LogP contribution is -2.43. The van der Waals surface area contributed by atoms with Crippen molar-refractivity contribution in [3.63, 3.8) is 0 Å². The Labute approximate surface area is 208 Å². The molecule has 186 valence electrons. The van der Waals surface area contributed by atoms with Crippen molar-refractivity contribution >= 4 is 33.0 Å². The molecule has 2 aliphatic rings. The highest BCUT2D eigenvalue weighted by Gasteiger charge is 2.35. The number of hydrogen-bond acceptors (Lipinski definition) is 8. The molecule has 5 rings (SSSR count). The fourth-order valence-electron chi connectivity index (χ4n) is 4.42. The van der Waals surface area contributed by atoms with E-state index in [0.29, 0.717) is 58.2 Å². The van der Waals surface area contributed by atoms with Crippen molar-refractivity contribution in [1.29, 1.82) is 0 Å². The van der Waals surface area contributed by atoms with Crippen LogP contribution in [0, 0.1) is 12.8 Å². The average molecular weight is 517 g/mol. The minimum atomic E-state index is -3.77. The molecule has 3 heterocycles. The Morgan fingerprint density at radius 1 is 1.20 bits per heavy atom. The molecule has 0 bridgehead atoms. The van der Waals surface area contributed by atoms with Gasteiger partial charge in [-0.2, -0.15) is 9.29 Å². The molecule has 35 heavy (non-hydrogen) atoms. The summed E-state index contributed by atoms with van der Waals surface area (Å²) in [4.78, 5) is 19.0. The number of nitrogens with one attached hydrogen (secondary N) is 1. The van der Waals surface area contributed by atoms with E-state index in [-0.39, 0.29) is 17.3 Å². The number of rotatable bonds is 7. The molecule has 3 aromatic rings. The second-order valence-corrected chi connectivity index (χ2v) is 12.2. The maximum absolute atomic E-state index is 13.5. The van der Waals surface area contributed by atoms with Crippen molar-refractivity contribution in [3.8, 4) is 16.5 Å². The third kappa shape index (κ3) is 4.85. The van der Waals surface area contributed by atoms with Crippen molar-refractivity contribution in [2.45, 2.75) is 49.8 Å². The van der Waals surface area contributed by atoms with Gasteiger partial charge >= 0.3 is 0 Å². The number of aryl methyl sites for hydroxylation is 1. The zero-order chi connectivity index (χ0) is 24.6. The topological polar surface area (TPSA) is 115 Å². The number of carbonyl (C=O) groups is 1. The van der Waals surface area contributed by atoms with Crippen molar-refractivity contribution in [3.05, 3.63) is 41.1 Å². The Morgan fingerprint density at radius 3 is 2.66 bits per heavy atom. The van der Waals surface area contributed by atoms with E-state index in [0.717, 1.165) is 19.3 Å². The SMILES string of the molecule is COc1ccc(NC(=O)C2CCCN(S(=O)(=O)c3cc(-c4noc(C5CCC5)n4)sc3C)C2)cc1. The number of benzene rings is 1. The fourth-order valence-corrected chi connectivity index (χ4v) is 7.43. The second-order valence-electron chi connectivity index (χ2n) is 9.04. The van der Waals surface area contributed by atoms with Crippen molar-refractivity contribution in [2.24, 2.45) is 5.92 Å². The molecule has 2 fully saturated rings. The predicted octanol–water partition coefficient (Wildman–Crippen LogP) is 4.42. The highest BCUT2D eigenvalue weighted by molar-refractivity contribution is 7.89. The van der Waals surface area contributed by atoms with Gasteiger partial charge in [0.15, 0.2) is 0 Å². The highest BCUT2D eigenvalue weighted by atomic mass is 32.2. The minimum absolute atomic E-state index is 0.142. The highest BCUT2D eigenvalue weighted by Crippen LogP contribution is 2.38. The Hall–Kier alpha value is -2.76.